The summed E-state index contributed by atoms with van der Waals surface area (Å²) in [6, 6.07) is 5.93. The maximum atomic E-state index is 11.7. The number of carbonyl (C=O) groups excluding carboxylic acids is 1. The molecule has 2 rings (SSSR count). The minimum absolute atomic E-state index is 0. The summed E-state index contributed by atoms with van der Waals surface area (Å²) < 4.78 is 0. The van der Waals surface area contributed by atoms with Crippen LogP contribution < -0.4 is 10.6 Å². The molecular weight excluding hydrogens is 341 g/mol. The van der Waals surface area contributed by atoms with E-state index in [4.69, 9.17) is 0 Å². The Morgan fingerprint density at radius 3 is 2.95 bits per heavy atom. The van der Waals surface area contributed by atoms with Gasteiger partial charge in [-0.05, 0) is 44.0 Å². The van der Waals surface area contributed by atoms with Crippen molar-refractivity contribution in [2.75, 3.05) is 25.4 Å². The highest BCUT2D eigenvalue weighted by atomic mass is 35.5. The Kier molecular flexibility index (Phi) is 12.7. The van der Waals surface area contributed by atoms with E-state index < -0.39 is 0 Å². The van der Waals surface area contributed by atoms with Gasteiger partial charge in [0.15, 0.2) is 0 Å². The summed E-state index contributed by atoms with van der Waals surface area (Å²) in [6.45, 7) is 3.05. The lowest BCUT2D eigenvalue weighted by molar-refractivity contribution is -0.120. The molecule has 0 radical (unpaired) electrons. The fourth-order valence-corrected chi connectivity index (χ4v) is 3.14. The highest BCUT2D eigenvalue weighted by Crippen LogP contribution is 2.12. The monoisotopic (exact) mass is 365 g/mol. The summed E-state index contributed by atoms with van der Waals surface area (Å²) in [4.78, 5) is 15.9. The smallest absolute Gasteiger partial charge is 0.220 e. The van der Waals surface area contributed by atoms with E-state index >= 15 is 0 Å². The van der Waals surface area contributed by atoms with Crippen molar-refractivity contribution < 1.29 is 4.79 Å². The van der Waals surface area contributed by atoms with Gasteiger partial charge < -0.3 is 10.6 Å². The Balaban J connectivity index is 0.00000220. The predicted octanol–water partition coefficient (Wildman–Crippen LogP) is 2.66. The van der Waals surface area contributed by atoms with Crippen molar-refractivity contribution >= 4 is 42.5 Å². The second-order valence-corrected chi connectivity index (χ2v) is 6.23. The third kappa shape index (κ3) is 8.83. The van der Waals surface area contributed by atoms with Gasteiger partial charge in [-0.15, -0.1) is 24.8 Å². The van der Waals surface area contributed by atoms with Crippen molar-refractivity contribution in [1.82, 2.24) is 15.6 Å². The van der Waals surface area contributed by atoms with Gasteiger partial charge in [-0.25, -0.2) is 0 Å². The largest absolute Gasteiger partial charge is 0.356 e. The van der Waals surface area contributed by atoms with E-state index in [0.29, 0.717) is 6.42 Å². The number of nitrogens with zero attached hydrogens (tertiary/aromatic N) is 1. The van der Waals surface area contributed by atoms with Crippen molar-refractivity contribution in [3.63, 3.8) is 0 Å². The molecule has 1 fully saturated rings. The number of hydrogen-bond donors (Lipinski definition) is 2. The number of aromatic nitrogens is 1. The molecule has 22 heavy (non-hydrogen) atoms. The average molecular weight is 366 g/mol. The van der Waals surface area contributed by atoms with Crippen LogP contribution in [0.25, 0.3) is 0 Å². The first-order valence-corrected chi connectivity index (χ1v) is 8.45. The SMILES string of the molecule is Cl.Cl.O=C(CCSCc1ccccn1)NCCC1CCNC1. The molecule has 7 heteroatoms. The standard InChI is InChI=1S/C15H23N3OS.2ClH/c19-15(18-9-5-13-4-8-16-11-13)6-10-20-12-14-3-1-2-7-17-14;;/h1-3,7,13,16H,4-6,8-12H2,(H,18,19);2*1H. The Labute approximate surface area is 149 Å². The first-order valence-electron chi connectivity index (χ1n) is 7.29. The molecule has 0 spiro atoms. The van der Waals surface area contributed by atoms with E-state index in [-0.39, 0.29) is 30.7 Å². The highest BCUT2D eigenvalue weighted by molar-refractivity contribution is 7.98. The number of halogens is 2. The molecule has 1 aliphatic heterocycles. The summed E-state index contributed by atoms with van der Waals surface area (Å²) in [7, 11) is 0. The molecule has 1 aromatic heterocycles. The molecule has 4 nitrogen and oxygen atoms in total. The van der Waals surface area contributed by atoms with Gasteiger partial charge in [0.05, 0.1) is 5.69 Å². The molecule has 0 aliphatic carbocycles. The number of pyridine rings is 1. The Bertz CT molecular complexity index is 403. The lowest BCUT2D eigenvalue weighted by Crippen LogP contribution is -2.26. The van der Waals surface area contributed by atoms with Crippen molar-refractivity contribution in [3.05, 3.63) is 30.1 Å². The Morgan fingerprint density at radius 1 is 1.41 bits per heavy atom. The van der Waals surface area contributed by atoms with Crippen LogP contribution in [0.1, 0.15) is 25.0 Å². The normalized spacial score (nSPS) is 16.5. The molecule has 126 valence electrons. The second-order valence-electron chi connectivity index (χ2n) is 5.12. The van der Waals surface area contributed by atoms with E-state index in [2.05, 4.69) is 15.6 Å². The topological polar surface area (TPSA) is 54.0 Å². The van der Waals surface area contributed by atoms with Crippen molar-refractivity contribution in [3.8, 4) is 0 Å². The van der Waals surface area contributed by atoms with E-state index in [0.717, 1.165) is 49.2 Å². The zero-order valence-corrected chi connectivity index (χ0v) is 15.1. The van der Waals surface area contributed by atoms with Crippen LogP contribution in [0.4, 0.5) is 0 Å². The van der Waals surface area contributed by atoms with Crippen molar-refractivity contribution in [1.29, 1.82) is 0 Å². The summed E-state index contributed by atoms with van der Waals surface area (Å²) >= 11 is 1.76. The van der Waals surface area contributed by atoms with Gasteiger partial charge in [0.25, 0.3) is 0 Å². The van der Waals surface area contributed by atoms with Crippen LogP contribution in [-0.4, -0.2) is 36.3 Å². The summed E-state index contributed by atoms with van der Waals surface area (Å²) in [6.07, 6.45) is 4.75. The maximum absolute atomic E-state index is 11.7. The number of nitrogens with one attached hydrogen (secondary N) is 2. The first kappa shape index (κ1) is 21.5. The van der Waals surface area contributed by atoms with E-state index in [9.17, 15) is 4.79 Å². The summed E-state index contributed by atoms with van der Waals surface area (Å²) in [5.41, 5.74) is 1.08. The number of carbonyl (C=O) groups is 1. The fraction of sp³-hybridized carbons (Fsp3) is 0.600. The Morgan fingerprint density at radius 2 is 2.27 bits per heavy atom. The average Bonchev–Trinajstić information content (AvgIpc) is 2.98. The number of thioether (sulfide) groups is 1. The third-order valence-electron chi connectivity index (χ3n) is 3.49. The molecular formula is C15H25Cl2N3OS. The molecule has 1 unspecified atom stereocenters. The van der Waals surface area contributed by atoms with Crippen LogP contribution in [0.3, 0.4) is 0 Å². The van der Waals surface area contributed by atoms with Crippen LogP contribution in [0.15, 0.2) is 24.4 Å². The van der Waals surface area contributed by atoms with Crippen LogP contribution in [-0.2, 0) is 10.5 Å². The van der Waals surface area contributed by atoms with Crippen LogP contribution in [0.2, 0.25) is 0 Å². The number of hydrogen-bond acceptors (Lipinski definition) is 4. The number of amides is 1. The van der Waals surface area contributed by atoms with E-state index in [1.807, 2.05) is 18.2 Å². The van der Waals surface area contributed by atoms with Crippen molar-refractivity contribution in [2.45, 2.75) is 25.0 Å². The quantitative estimate of drug-likeness (QED) is 0.695. The highest BCUT2D eigenvalue weighted by Gasteiger charge is 2.13. The molecule has 2 heterocycles. The maximum Gasteiger partial charge on any atom is 0.220 e. The lowest BCUT2D eigenvalue weighted by Gasteiger charge is -2.09. The van der Waals surface area contributed by atoms with Crippen LogP contribution >= 0.6 is 36.6 Å². The van der Waals surface area contributed by atoms with E-state index in [1.165, 1.54) is 6.42 Å². The molecule has 1 amide bonds. The second kappa shape index (κ2) is 13.0. The summed E-state index contributed by atoms with van der Waals surface area (Å²) in [5.74, 6) is 2.65. The van der Waals surface area contributed by atoms with Gasteiger partial charge in [0, 0.05) is 30.7 Å². The fourth-order valence-electron chi connectivity index (χ4n) is 2.29. The molecule has 2 N–H and O–H groups in total. The summed E-state index contributed by atoms with van der Waals surface area (Å²) in [5, 5.41) is 6.36. The zero-order valence-electron chi connectivity index (χ0n) is 12.6. The molecule has 1 aromatic rings. The zero-order chi connectivity index (χ0) is 14.0. The van der Waals surface area contributed by atoms with Gasteiger partial charge in [-0.1, -0.05) is 6.07 Å². The molecule has 1 aliphatic rings. The predicted molar refractivity (Wildman–Crippen MR) is 98.1 cm³/mol. The molecule has 0 aromatic carbocycles. The number of rotatable bonds is 8. The minimum Gasteiger partial charge on any atom is -0.356 e. The van der Waals surface area contributed by atoms with Crippen LogP contribution in [0, 0.1) is 5.92 Å². The lowest BCUT2D eigenvalue weighted by atomic mass is 10.1. The van der Waals surface area contributed by atoms with Crippen molar-refractivity contribution in [2.24, 2.45) is 5.92 Å². The minimum atomic E-state index is 0. The molecule has 0 saturated carbocycles. The molecule has 0 bridgehead atoms. The van der Waals surface area contributed by atoms with Gasteiger partial charge in [0.2, 0.25) is 5.91 Å². The van der Waals surface area contributed by atoms with Crippen LogP contribution in [0.5, 0.6) is 0 Å². The van der Waals surface area contributed by atoms with Gasteiger partial charge in [-0.3, -0.25) is 9.78 Å². The first-order chi connectivity index (χ1) is 9.84. The van der Waals surface area contributed by atoms with Gasteiger partial charge >= 0.3 is 0 Å². The molecule has 1 atom stereocenters. The Hall–Kier alpha value is -0.490. The van der Waals surface area contributed by atoms with E-state index in [1.54, 1.807) is 18.0 Å². The van der Waals surface area contributed by atoms with Gasteiger partial charge in [0.1, 0.15) is 0 Å². The third-order valence-corrected chi connectivity index (χ3v) is 4.48. The molecule has 1 saturated heterocycles. The van der Waals surface area contributed by atoms with Gasteiger partial charge in [-0.2, -0.15) is 11.8 Å².